The Morgan fingerprint density at radius 1 is 1.08 bits per heavy atom. The largest absolute Gasteiger partial charge is 0.370 e. The van der Waals surface area contributed by atoms with Crippen molar-refractivity contribution in [3.63, 3.8) is 0 Å². The molecule has 2 rings (SSSR count). The van der Waals surface area contributed by atoms with Crippen molar-refractivity contribution in [2.75, 3.05) is 27.2 Å². The van der Waals surface area contributed by atoms with Crippen molar-refractivity contribution in [3.05, 3.63) is 48.0 Å². The van der Waals surface area contributed by atoms with Crippen LogP contribution in [-0.4, -0.2) is 38.0 Å². The van der Waals surface area contributed by atoms with Crippen LogP contribution < -0.4 is 11.5 Å². The van der Waals surface area contributed by atoms with E-state index in [1.54, 1.807) is 0 Å². The number of nitrogens with zero attached hydrogens (tertiary/aromatic N) is 2. The lowest BCUT2D eigenvalue weighted by Crippen LogP contribution is -2.40. The van der Waals surface area contributed by atoms with Gasteiger partial charge in [0.2, 0.25) is 0 Å². The standard InChI is InChI=1S/C20H30N4/c1-15(2)20(12-13-24(3)4,14-23-19(21)22)18-11-7-9-16-8-5-6-10-17(16)18/h5-11,15H,12-14H2,1-4H3,(H4,21,22,23). The normalized spacial score (nSPS) is 14.1. The van der Waals surface area contributed by atoms with Gasteiger partial charge in [0.25, 0.3) is 0 Å². The molecule has 0 aliphatic carbocycles. The molecule has 4 nitrogen and oxygen atoms in total. The van der Waals surface area contributed by atoms with Crippen molar-refractivity contribution in [1.29, 1.82) is 0 Å². The highest BCUT2D eigenvalue weighted by Crippen LogP contribution is 2.40. The lowest BCUT2D eigenvalue weighted by atomic mass is 9.68. The van der Waals surface area contributed by atoms with Crippen molar-refractivity contribution < 1.29 is 0 Å². The van der Waals surface area contributed by atoms with Gasteiger partial charge in [-0.05, 0) is 49.3 Å². The average Bonchev–Trinajstić information content (AvgIpc) is 2.54. The first-order chi connectivity index (χ1) is 11.4. The van der Waals surface area contributed by atoms with Crippen LogP contribution in [0.2, 0.25) is 0 Å². The minimum Gasteiger partial charge on any atom is -0.370 e. The summed E-state index contributed by atoms with van der Waals surface area (Å²) in [5.41, 5.74) is 12.6. The Kier molecular flexibility index (Phi) is 5.84. The molecule has 2 aromatic carbocycles. The monoisotopic (exact) mass is 326 g/mol. The van der Waals surface area contributed by atoms with Crippen LogP contribution in [-0.2, 0) is 5.41 Å². The lowest BCUT2D eigenvalue weighted by molar-refractivity contribution is 0.255. The van der Waals surface area contributed by atoms with Gasteiger partial charge >= 0.3 is 0 Å². The van der Waals surface area contributed by atoms with Crippen LogP contribution in [0.25, 0.3) is 10.8 Å². The van der Waals surface area contributed by atoms with Crippen LogP contribution >= 0.6 is 0 Å². The molecule has 4 heteroatoms. The Labute approximate surface area is 145 Å². The second kappa shape index (κ2) is 7.67. The molecule has 1 atom stereocenters. The molecule has 0 heterocycles. The van der Waals surface area contributed by atoms with Gasteiger partial charge in [-0.25, -0.2) is 0 Å². The van der Waals surface area contributed by atoms with E-state index >= 15 is 0 Å². The summed E-state index contributed by atoms with van der Waals surface area (Å²) < 4.78 is 0. The van der Waals surface area contributed by atoms with Gasteiger partial charge in [0.15, 0.2) is 5.96 Å². The second-order valence-corrected chi connectivity index (χ2v) is 7.13. The SMILES string of the molecule is CC(C)C(CCN(C)C)(CN=C(N)N)c1cccc2ccccc12. The zero-order chi connectivity index (χ0) is 17.7. The van der Waals surface area contributed by atoms with Crippen molar-refractivity contribution in [2.24, 2.45) is 22.4 Å². The van der Waals surface area contributed by atoms with Gasteiger partial charge in [0.1, 0.15) is 0 Å². The Hall–Kier alpha value is -2.07. The third-order valence-electron chi connectivity index (χ3n) is 4.98. The van der Waals surface area contributed by atoms with Crippen LogP contribution in [0.5, 0.6) is 0 Å². The molecular formula is C20H30N4. The third-order valence-corrected chi connectivity index (χ3v) is 4.98. The molecule has 130 valence electrons. The van der Waals surface area contributed by atoms with Crippen LogP contribution in [0.4, 0.5) is 0 Å². The number of nitrogens with two attached hydrogens (primary N) is 2. The summed E-state index contributed by atoms with van der Waals surface area (Å²) in [6, 6.07) is 15.1. The molecule has 1 unspecified atom stereocenters. The summed E-state index contributed by atoms with van der Waals surface area (Å²) in [4.78, 5) is 6.65. The highest BCUT2D eigenvalue weighted by Gasteiger charge is 2.36. The first kappa shape index (κ1) is 18.3. The lowest BCUT2D eigenvalue weighted by Gasteiger charge is -2.39. The van der Waals surface area contributed by atoms with E-state index in [0.717, 1.165) is 13.0 Å². The van der Waals surface area contributed by atoms with Gasteiger partial charge in [-0.2, -0.15) is 0 Å². The van der Waals surface area contributed by atoms with E-state index in [1.165, 1.54) is 16.3 Å². The average molecular weight is 326 g/mol. The fraction of sp³-hybridized carbons (Fsp3) is 0.450. The molecule has 24 heavy (non-hydrogen) atoms. The quantitative estimate of drug-likeness (QED) is 0.607. The minimum atomic E-state index is -0.102. The van der Waals surface area contributed by atoms with Crippen LogP contribution in [0.3, 0.4) is 0 Å². The van der Waals surface area contributed by atoms with Gasteiger partial charge in [0.05, 0.1) is 6.54 Å². The van der Waals surface area contributed by atoms with E-state index in [4.69, 9.17) is 11.5 Å². The molecule has 0 fully saturated rings. The van der Waals surface area contributed by atoms with Gasteiger partial charge in [-0.15, -0.1) is 0 Å². The molecule has 2 aromatic rings. The first-order valence-electron chi connectivity index (χ1n) is 8.55. The topological polar surface area (TPSA) is 67.6 Å². The minimum absolute atomic E-state index is 0.102. The van der Waals surface area contributed by atoms with E-state index in [9.17, 15) is 0 Å². The van der Waals surface area contributed by atoms with Gasteiger partial charge in [-0.1, -0.05) is 56.3 Å². The highest BCUT2D eigenvalue weighted by atomic mass is 15.1. The van der Waals surface area contributed by atoms with Crippen molar-refractivity contribution >= 4 is 16.7 Å². The third kappa shape index (κ3) is 3.88. The molecule has 0 bridgehead atoms. The van der Waals surface area contributed by atoms with Crippen LogP contribution in [0, 0.1) is 5.92 Å². The van der Waals surface area contributed by atoms with E-state index in [2.05, 4.69) is 80.3 Å². The molecule has 0 radical (unpaired) electrons. The van der Waals surface area contributed by atoms with E-state index in [0.29, 0.717) is 12.5 Å². The van der Waals surface area contributed by atoms with Gasteiger partial charge < -0.3 is 16.4 Å². The second-order valence-electron chi connectivity index (χ2n) is 7.13. The van der Waals surface area contributed by atoms with Crippen molar-refractivity contribution in [3.8, 4) is 0 Å². The van der Waals surface area contributed by atoms with Gasteiger partial charge in [-0.3, -0.25) is 4.99 Å². The van der Waals surface area contributed by atoms with Crippen molar-refractivity contribution in [2.45, 2.75) is 25.7 Å². The van der Waals surface area contributed by atoms with E-state index < -0.39 is 0 Å². The fourth-order valence-corrected chi connectivity index (χ4v) is 3.40. The predicted molar refractivity (Wildman–Crippen MR) is 104 cm³/mol. The first-order valence-corrected chi connectivity index (χ1v) is 8.55. The highest BCUT2D eigenvalue weighted by molar-refractivity contribution is 5.87. The Balaban J connectivity index is 2.63. The Morgan fingerprint density at radius 2 is 1.75 bits per heavy atom. The summed E-state index contributed by atoms with van der Waals surface area (Å²) in [7, 11) is 4.21. The number of benzene rings is 2. The molecule has 4 N–H and O–H groups in total. The smallest absolute Gasteiger partial charge is 0.185 e. The number of rotatable bonds is 7. The molecule has 0 saturated heterocycles. The zero-order valence-corrected chi connectivity index (χ0v) is 15.3. The summed E-state index contributed by atoms with van der Waals surface area (Å²) >= 11 is 0. The molecule has 0 aliphatic heterocycles. The molecule has 0 aromatic heterocycles. The van der Waals surface area contributed by atoms with Crippen LogP contribution in [0.1, 0.15) is 25.8 Å². The molecule has 0 amide bonds. The molecular weight excluding hydrogens is 296 g/mol. The number of guanidine groups is 1. The van der Waals surface area contributed by atoms with Gasteiger partial charge in [0, 0.05) is 5.41 Å². The number of hydrogen-bond donors (Lipinski definition) is 2. The number of aliphatic imine (C=N–C) groups is 1. The molecule has 0 saturated carbocycles. The summed E-state index contributed by atoms with van der Waals surface area (Å²) in [5.74, 6) is 0.566. The van der Waals surface area contributed by atoms with Crippen molar-refractivity contribution in [1.82, 2.24) is 4.90 Å². The maximum absolute atomic E-state index is 5.66. The fourth-order valence-electron chi connectivity index (χ4n) is 3.40. The summed E-state index contributed by atoms with van der Waals surface area (Å²) in [6.07, 6.45) is 1.00. The van der Waals surface area contributed by atoms with E-state index in [-0.39, 0.29) is 11.4 Å². The van der Waals surface area contributed by atoms with Crippen LogP contribution in [0.15, 0.2) is 47.5 Å². The summed E-state index contributed by atoms with van der Waals surface area (Å²) in [5, 5.41) is 2.55. The Morgan fingerprint density at radius 3 is 2.38 bits per heavy atom. The predicted octanol–water partition coefficient (Wildman–Crippen LogP) is 2.96. The number of fused-ring (bicyclic) bond motifs is 1. The molecule has 0 aliphatic rings. The molecule has 0 spiro atoms. The number of hydrogen-bond acceptors (Lipinski definition) is 2. The summed E-state index contributed by atoms with van der Waals surface area (Å²) in [6.45, 7) is 6.12. The zero-order valence-electron chi connectivity index (χ0n) is 15.3. The maximum atomic E-state index is 5.66. The Bertz CT molecular complexity index is 696. The van der Waals surface area contributed by atoms with E-state index in [1.807, 2.05) is 0 Å². The maximum Gasteiger partial charge on any atom is 0.185 e.